The fourth-order valence-corrected chi connectivity index (χ4v) is 2.96. The van der Waals surface area contributed by atoms with Gasteiger partial charge >= 0.3 is 5.97 Å². The number of esters is 1. The molecule has 1 unspecified atom stereocenters. The van der Waals surface area contributed by atoms with Crippen LogP contribution >= 0.6 is 11.3 Å². The van der Waals surface area contributed by atoms with Crippen LogP contribution in [0.15, 0.2) is 0 Å². The molecule has 1 atom stereocenters. The molecule has 1 aromatic heterocycles. The Balaban J connectivity index is 1.76. The molecule has 0 bridgehead atoms. The number of methoxy groups -OCH3 is 1. The van der Waals surface area contributed by atoms with E-state index < -0.39 is 0 Å². The molecule has 7 nitrogen and oxygen atoms in total. The number of nitrogens with one attached hydrogen (secondary N) is 2. The summed E-state index contributed by atoms with van der Waals surface area (Å²) in [4.78, 5) is 23.1. The average Bonchev–Trinajstić information content (AvgIpc) is 2.95. The Hall–Kier alpha value is -1.54. The molecule has 1 saturated heterocycles. The van der Waals surface area contributed by atoms with E-state index in [-0.39, 0.29) is 17.8 Å². The summed E-state index contributed by atoms with van der Waals surface area (Å²) in [6, 6.07) is 0. The van der Waals surface area contributed by atoms with Gasteiger partial charge < -0.3 is 15.4 Å². The lowest BCUT2D eigenvalue weighted by Gasteiger charge is -2.21. The third kappa shape index (κ3) is 5.05. The quantitative estimate of drug-likeness (QED) is 0.760. The first-order valence-electron chi connectivity index (χ1n) is 7.10. The fourth-order valence-electron chi connectivity index (χ4n) is 2.17. The standard InChI is InChI=1S/C13H20N4O3S/c1-20-11(18)6-2-5-10-16-17-13(21-10)15-12(19)9-4-3-7-14-8-9/h9,14H,2-8H2,1H3,(H,15,17,19). The highest BCUT2D eigenvalue weighted by atomic mass is 32.1. The van der Waals surface area contributed by atoms with Crippen molar-refractivity contribution in [2.45, 2.75) is 32.1 Å². The van der Waals surface area contributed by atoms with Gasteiger partial charge in [-0.2, -0.15) is 0 Å². The SMILES string of the molecule is COC(=O)CCCc1nnc(NC(=O)C2CCCNC2)s1. The molecule has 0 aliphatic carbocycles. The summed E-state index contributed by atoms with van der Waals surface area (Å²) in [5, 5.41) is 15.4. The van der Waals surface area contributed by atoms with Crippen molar-refractivity contribution >= 4 is 28.3 Å². The minimum atomic E-state index is -0.224. The van der Waals surface area contributed by atoms with Crippen LogP contribution in [0.1, 0.15) is 30.7 Å². The maximum absolute atomic E-state index is 12.0. The van der Waals surface area contributed by atoms with Gasteiger partial charge in [-0.15, -0.1) is 10.2 Å². The first-order chi connectivity index (χ1) is 10.2. The molecule has 0 radical (unpaired) electrons. The van der Waals surface area contributed by atoms with E-state index in [1.54, 1.807) is 0 Å². The summed E-state index contributed by atoms with van der Waals surface area (Å²) >= 11 is 1.36. The maximum atomic E-state index is 12.0. The van der Waals surface area contributed by atoms with E-state index in [4.69, 9.17) is 0 Å². The predicted molar refractivity (Wildman–Crippen MR) is 79.1 cm³/mol. The number of amides is 1. The highest BCUT2D eigenvalue weighted by Gasteiger charge is 2.21. The van der Waals surface area contributed by atoms with Gasteiger partial charge in [0.2, 0.25) is 11.0 Å². The second kappa shape index (κ2) is 8.04. The molecular weight excluding hydrogens is 292 g/mol. The highest BCUT2D eigenvalue weighted by molar-refractivity contribution is 7.15. The van der Waals surface area contributed by atoms with Crippen LogP contribution in [-0.2, 0) is 20.7 Å². The number of hydrogen-bond acceptors (Lipinski definition) is 7. The molecule has 0 aromatic carbocycles. The summed E-state index contributed by atoms with van der Waals surface area (Å²) in [7, 11) is 1.38. The second-order valence-electron chi connectivity index (χ2n) is 4.96. The number of carbonyl (C=O) groups excluding carboxylic acids is 2. The zero-order valence-corrected chi connectivity index (χ0v) is 12.9. The molecule has 1 aliphatic heterocycles. The first kappa shape index (κ1) is 15.8. The Morgan fingerprint density at radius 3 is 3.05 bits per heavy atom. The number of aromatic nitrogens is 2. The molecule has 2 N–H and O–H groups in total. The largest absolute Gasteiger partial charge is 0.469 e. The van der Waals surface area contributed by atoms with Crippen molar-refractivity contribution < 1.29 is 14.3 Å². The van der Waals surface area contributed by atoms with Crippen molar-refractivity contribution in [3.63, 3.8) is 0 Å². The van der Waals surface area contributed by atoms with Gasteiger partial charge in [0.1, 0.15) is 5.01 Å². The lowest BCUT2D eigenvalue weighted by atomic mass is 9.99. The van der Waals surface area contributed by atoms with Crippen molar-refractivity contribution in [2.24, 2.45) is 5.92 Å². The Bertz CT molecular complexity index is 486. The van der Waals surface area contributed by atoms with Crippen LogP contribution in [0, 0.1) is 5.92 Å². The van der Waals surface area contributed by atoms with Crippen LogP contribution in [0.4, 0.5) is 5.13 Å². The summed E-state index contributed by atoms with van der Waals surface area (Å²) in [5.74, 6) is -0.220. The minimum Gasteiger partial charge on any atom is -0.469 e. The Labute approximate surface area is 127 Å². The lowest BCUT2D eigenvalue weighted by Crippen LogP contribution is -2.37. The van der Waals surface area contributed by atoms with Gasteiger partial charge in [0.15, 0.2) is 0 Å². The van der Waals surface area contributed by atoms with Crippen LogP contribution < -0.4 is 10.6 Å². The lowest BCUT2D eigenvalue weighted by molar-refractivity contribution is -0.140. The fraction of sp³-hybridized carbons (Fsp3) is 0.692. The highest BCUT2D eigenvalue weighted by Crippen LogP contribution is 2.19. The third-order valence-corrected chi connectivity index (χ3v) is 4.26. The molecule has 116 valence electrons. The van der Waals surface area contributed by atoms with Crippen molar-refractivity contribution in [3.05, 3.63) is 5.01 Å². The molecular formula is C13H20N4O3S. The van der Waals surface area contributed by atoms with E-state index in [1.807, 2.05) is 0 Å². The molecule has 0 saturated carbocycles. The summed E-state index contributed by atoms with van der Waals surface area (Å²) < 4.78 is 4.58. The molecule has 1 aliphatic rings. The zero-order chi connectivity index (χ0) is 15.1. The van der Waals surface area contributed by atoms with E-state index >= 15 is 0 Å². The first-order valence-corrected chi connectivity index (χ1v) is 7.91. The second-order valence-corrected chi connectivity index (χ2v) is 6.03. The molecule has 2 heterocycles. The Morgan fingerprint density at radius 1 is 1.48 bits per heavy atom. The molecule has 8 heteroatoms. The number of hydrogen-bond donors (Lipinski definition) is 2. The zero-order valence-electron chi connectivity index (χ0n) is 12.1. The van der Waals surface area contributed by atoms with Gasteiger partial charge in [0, 0.05) is 19.4 Å². The van der Waals surface area contributed by atoms with Gasteiger partial charge in [0.25, 0.3) is 0 Å². The summed E-state index contributed by atoms with van der Waals surface area (Å²) in [5.41, 5.74) is 0. The van der Waals surface area contributed by atoms with Crippen molar-refractivity contribution in [3.8, 4) is 0 Å². The molecule has 1 aromatic rings. The molecule has 21 heavy (non-hydrogen) atoms. The summed E-state index contributed by atoms with van der Waals surface area (Å²) in [6.07, 6.45) is 3.62. The average molecular weight is 312 g/mol. The van der Waals surface area contributed by atoms with Gasteiger partial charge in [-0.1, -0.05) is 11.3 Å². The van der Waals surface area contributed by atoms with Crippen molar-refractivity contribution in [2.75, 3.05) is 25.5 Å². The van der Waals surface area contributed by atoms with E-state index in [0.717, 1.165) is 30.9 Å². The van der Waals surface area contributed by atoms with Gasteiger partial charge in [0.05, 0.1) is 13.0 Å². The van der Waals surface area contributed by atoms with Gasteiger partial charge in [-0.05, 0) is 25.8 Å². The number of piperidine rings is 1. The van der Waals surface area contributed by atoms with E-state index in [2.05, 4.69) is 25.6 Å². The number of ether oxygens (including phenoxy) is 1. The van der Waals surface area contributed by atoms with Crippen LogP contribution in [0.5, 0.6) is 0 Å². The summed E-state index contributed by atoms with van der Waals surface area (Å²) in [6.45, 7) is 1.70. The molecule has 1 fully saturated rings. The predicted octanol–water partition coefficient (Wildman–Crippen LogP) is 0.972. The van der Waals surface area contributed by atoms with Gasteiger partial charge in [-0.25, -0.2) is 0 Å². The minimum absolute atomic E-state index is 0.000499. The van der Waals surface area contributed by atoms with Crippen molar-refractivity contribution in [1.29, 1.82) is 0 Å². The van der Waals surface area contributed by atoms with Crippen LogP contribution in [-0.4, -0.2) is 42.3 Å². The van der Waals surface area contributed by atoms with E-state index in [0.29, 0.717) is 24.4 Å². The number of rotatable bonds is 6. The van der Waals surface area contributed by atoms with Crippen LogP contribution in [0.2, 0.25) is 0 Å². The number of nitrogens with zero attached hydrogens (tertiary/aromatic N) is 2. The third-order valence-electron chi connectivity index (χ3n) is 3.36. The van der Waals surface area contributed by atoms with Crippen LogP contribution in [0.3, 0.4) is 0 Å². The number of anilines is 1. The Morgan fingerprint density at radius 2 is 2.33 bits per heavy atom. The van der Waals surface area contributed by atoms with Crippen LogP contribution in [0.25, 0.3) is 0 Å². The number of carbonyl (C=O) groups is 2. The normalized spacial score (nSPS) is 18.2. The van der Waals surface area contributed by atoms with Crippen molar-refractivity contribution in [1.82, 2.24) is 15.5 Å². The molecule has 1 amide bonds. The maximum Gasteiger partial charge on any atom is 0.305 e. The van der Waals surface area contributed by atoms with E-state index in [1.165, 1.54) is 18.4 Å². The smallest absolute Gasteiger partial charge is 0.305 e. The van der Waals surface area contributed by atoms with Gasteiger partial charge in [-0.3, -0.25) is 9.59 Å². The topological polar surface area (TPSA) is 93.2 Å². The molecule has 0 spiro atoms. The monoisotopic (exact) mass is 312 g/mol. The Kier molecular flexibility index (Phi) is 6.06. The molecule has 2 rings (SSSR count). The van der Waals surface area contributed by atoms with E-state index in [9.17, 15) is 9.59 Å². The number of aryl methyl sites for hydroxylation is 1.